The number of phenols is 1. The SMILES string of the molecule is C=C1OB(c2ccc(O)c(OC)c2)OC1(C)C. The minimum absolute atomic E-state index is 0.0901. The molecule has 0 unspecified atom stereocenters. The van der Waals surface area contributed by atoms with Crippen LogP contribution in [0, 0.1) is 0 Å². The van der Waals surface area contributed by atoms with Crippen LogP contribution in [-0.4, -0.2) is 24.9 Å². The van der Waals surface area contributed by atoms with Crippen LogP contribution in [0.25, 0.3) is 0 Å². The predicted octanol–water partition coefficient (Wildman–Crippen LogP) is 1.44. The van der Waals surface area contributed by atoms with Gasteiger partial charge in [0.2, 0.25) is 0 Å². The lowest BCUT2D eigenvalue weighted by molar-refractivity contribution is 0.173. The molecule has 0 bridgehead atoms. The summed E-state index contributed by atoms with van der Waals surface area (Å²) in [4.78, 5) is 0. The fraction of sp³-hybridized carbons (Fsp3) is 0.333. The van der Waals surface area contributed by atoms with Gasteiger partial charge in [0.05, 0.1) is 12.9 Å². The summed E-state index contributed by atoms with van der Waals surface area (Å²) >= 11 is 0. The minimum atomic E-state index is -0.507. The van der Waals surface area contributed by atoms with Crippen molar-refractivity contribution in [3.63, 3.8) is 0 Å². The van der Waals surface area contributed by atoms with Gasteiger partial charge in [0, 0.05) is 5.46 Å². The maximum atomic E-state index is 9.51. The van der Waals surface area contributed by atoms with Crippen LogP contribution in [0.1, 0.15) is 13.8 Å². The molecule has 0 amide bonds. The zero-order valence-electron chi connectivity index (χ0n) is 10.2. The van der Waals surface area contributed by atoms with Crippen LogP contribution in [-0.2, 0) is 9.31 Å². The molecule has 5 heteroatoms. The molecule has 1 N–H and O–H groups in total. The van der Waals surface area contributed by atoms with Crippen LogP contribution in [0.4, 0.5) is 0 Å². The normalized spacial score (nSPS) is 18.1. The molecule has 90 valence electrons. The molecule has 1 saturated heterocycles. The first-order chi connectivity index (χ1) is 7.94. The van der Waals surface area contributed by atoms with Gasteiger partial charge in [-0.25, -0.2) is 0 Å². The molecule has 1 aromatic rings. The van der Waals surface area contributed by atoms with Crippen LogP contribution < -0.4 is 10.2 Å². The Bertz CT molecular complexity index is 456. The van der Waals surface area contributed by atoms with E-state index in [1.165, 1.54) is 7.11 Å². The highest BCUT2D eigenvalue weighted by Gasteiger charge is 2.42. The van der Waals surface area contributed by atoms with Crippen molar-refractivity contribution in [1.29, 1.82) is 0 Å². The van der Waals surface area contributed by atoms with Crippen molar-refractivity contribution >= 4 is 12.6 Å². The van der Waals surface area contributed by atoms with E-state index in [1.807, 2.05) is 13.8 Å². The minimum Gasteiger partial charge on any atom is -0.534 e. The lowest BCUT2D eigenvalue weighted by Crippen LogP contribution is -2.34. The summed E-state index contributed by atoms with van der Waals surface area (Å²) in [5.41, 5.74) is 0.280. The lowest BCUT2D eigenvalue weighted by atomic mass is 9.79. The first-order valence-corrected chi connectivity index (χ1v) is 5.35. The van der Waals surface area contributed by atoms with Gasteiger partial charge in [-0.2, -0.15) is 0 Å². The summed E-state index contributed by atoms with van der Waals surface area (Å²) in [5.74, 6) is 1.08. The van der Waals surface area contributed by atoms with Crippen molar-refractivity contribution < 1.29 is 19.2 Å². The highest BCUT2D eigenvalue weighted by Crippen LogP contribution is 2.30. The van der Waals surface area contributed by atoms with Crippen molar-refractivity contribution in [1.82, 2.24) is 0 Å². The molecule has 1 aliphatic rings. The molecule has 0 spiro atoms. The van der Waals surface area contributed by atoms with Gasteiger partial charge in [-0.05, 0) is 26.0 Å². The van der Waals surface area contributed by atoms with E-state index < -0.39 is 12.7 Å². The van der Waals surface area contributed by atoms with Gasteiger partial charge in [-0.3, -0.25) is 0 Å². The van der Waals surface area contributed by atoms with Crippen LogP contribution in [0.5, 0.6) is 11.5 Å². The molecule has 4 nitrogen and oxygen atoms in total. The summed E-state index contributed by atoms with van der Waals surface area (Å²) in [6, 6.07) is 4.97. The molecule has 0 atom stereocenters. The summed E-state index contributed by atoms with van der Waals surface area (Å²) in [6.45, 7) is 7.61. The number of hydrogen-bond donors (Lipinski definition) is 1. The van der Waals surface area contributed by atoms with Gasteiger partial charge < -0.3 is 19.2 Å². The quantitative estimate of drug-likeness (QED) is 0.786. The maximum Gasteiger partial charge on any atom is 0.563 e. The van der Waals surface area contributed by atoms with Crippen molar-refractivity contribution in [3.8, 4) is 11.5 Å². The summed E-state index contributed by atoms with van der Waals surface area (Å²) in [6.07, 6.45) is 0. The lowest BCUT2D eigenvalue weighted by Gasteiger charge is -2.15. The Morgan fingerprint density at radius 1 is 1.41 bits per heavy atom. The van der Waals surface area contributed by atoms with E-state index in [0.29, 0.717) is 11.5 Å². The van der Waals surface area contributed by atoms with E-state index in [0.717, 1.165) is 5.46 Å². The Balaban J connectivity index is 2.28. The van der Waals surface area contributed by atoms with Gasteiger partial charge in [0.25, 0.3) is 0 Å². The van der Waals surface area contributed by atoms with Crippen molar-refractivity contribution in [2.24, 2.45) is 0 Å². The highest BCUT2D eigenvalue weighted by atomic mass is 16.7. The highest BCUT2D eigenvalue weighted by molar-refractivity contribution is 6.62. The molecule has 1 heterocycles. The molecule has 17 heavy (non-hydrogen) atoms. The van der Waals surface area contributed by atoms with E-state index >= 15 is 0 Å². The average molecular weight is 234 g/mol. The zero-order valence-corrected chi connectivity index (χ0v) is 10.2. The van der Waals surface area contributed by atoms with Gasteiger partial charge in [-0.15, -0.1) is 0 Å². The van der Waals surface area contributed by atoms with Crippen molar-refractivity contribution in [2.75, 3.05) is 7.11 Å². The van der Waals surface area contributed by atoms with Gasteiger partial charge >= 0.3 is 7.12 Å². The fourth-order valence-electron chi connectivity index (χ4n) is 1.61. The predicted molar refractivity (Wildman–Crippen MR) is 65.4 cm³/mol. The third-order valence-corrected chi connectivity index (χ3v) is 2.80. The molecule has 1 aromatic carbocycles. The monoisotopic (exact) mass is 234 g/mol. The Labute approximate surface area is 101 Å². The summed E-state index contributed by atoms with van der Waals surface area (Å²) in [5, 5.41) is 9.51. The van der Waals surface area contributed by atoms with Crippen LogP contribution in [0.2, 0.25) is 0 Å². The van der Waals surface area contributed by atoms with Crippen molar-refractivity contribution in [2.45, 2.75) is 19.4 Å². The fourth-order valence-corrected chi connectivity index (χ4v) is 1.61. The number of methoxy groups -OCH3 is 1. The largest absolute Gasteiger partial charge is 0.563 e. The first-order valence-electron chi connectivity index (χ1n) is 5.35. The summed E-state index contributed by atoms with van der Waals surface area (Å²) < 4.78 is 16.3. The molecular weight excluding hydrogens is 219 g/mol. The smallest absolute Gasteiger partial charge is 0.534 e. The molecule has 1 aliphatic heterocycles. The van der Waals surface area contributed by atoms with E-state index in [2.05, 4.69) is 6.58 Å². The second-order valence-corrected chi connectivity index (χ2v) is 4.43. The van der Waals surface area contributed by atoms with Crippen molar-refractivity contribution in [3.05, 3.63) is 30.5 Å². The average Bonchev–Trinajstić information content (AvgIpc) is 2.54. The van der Waals surface area contributed by atoms with E-state index in [4.69, 9.17) is 14.0 Å². The van der Waals surface area contributed by atoms with E-state index in [9.17, 15) is 5.11 Å². The molecular formula is C12H15BO4. The molecule has 0 radical (unpaired) electrons. The van der Waals surface area contributed by atoms with Gasteiger partial charge in [0.1, 0.15) is 5.60 Å². The number of aromatic hydroxyl groups is 1. The topological polar surface area (TPSA) is 47.9 Å². The Morgan fingerprint density at radius 2 is 2.12 bits per heavy atom. The Hall–Kier alpha value is -1.62. The number of phenolic OH excluding ortho intramolecular Hbond substituents is 1. The number of rotatable bonds is 2. The number of benzene rings is 1. The third kappa shape index (κ3) is 2.10. The second kappa shape index (κ2) is 4.00. The standard InChI is InChI=1S/C12H15BO4/c1-8-12(2,3)17-13(16-8)9-5-6-10(14)11(7-9)15-4/h5-7,14H,1H2,2-4H3. The van der Waals surface area contributed by atoms with E-state index in [1.54, 1.807) is 18.2 Å². The van der Waals surface area contributed by atoms with Crippen LogP contribution in [0.3, 0.4) is 0 Å². The number of hydrogen-bond acceptors (Lipinski definition) is 4. The molecule has 2 rings (SSSR count). The van der Waals surface area contributed by atoms with E-state index in [-0.39, 0.29) is 5.75 Å². The number of ether oxygens (including phenoxy) is 1. The van der Waals surface area contributed by atoms with Crippen LogP contribution in [0.15, 0.2) is 30.5 Å². The van der Waals surface area contributed by atoms with Crippen LogP contribution >= 0.6 is 0 Å². The third-order valence-electron chi connectivity index (χ3n) is 2.80. The van der Waals surface area contributed by atoms with Gasteiger partial charge in [0.15, 0.2) is 11.5 Å². The molecule has 0 saturated carbocycles. The first kappa shape index (κ1) is 11.9. The maximum absolute atomic E-state index is 9.51. The summed E-state index contributed by atoms with van der Waals surface area (Å²) in [7, 11) is 0.991. The molecule has 0 aliphatic carbocycles. The molecule has 1 fully saturated rings. The zero-order chi connectivity index (χ0) is 12.6. The van der Waals surface area contributed by atoms with Gasteiger partial charge in [-0.1, -0.05) is 12.6 Å². The Kier molecular flexibility index (Phi) is 2.79. The Morgan fingerprint density at radius 3 is 2.65 bits per heavy atom. The molecule has 0 aromatic heterocycles. The second-order valence-electron chi connectivity index (χ2n) is 4.43.